The van der Waals surface area contributed by atoms with Crippen LogP contribution in [0.2, 0.25) is 0 Å². The van der Waals surface area contributed by atoms with E-state index in [4.69, 9.17) is 18.9 Å². The fraction of sp³-hybridized carbons (Fsp3) is 0.929. The minimum atomic E-state index is -1.82. The lowest BCUT2D eigenvalue weighted by molar-refractivity contribution is -0.354. The van der Waals surface area contributed by atoms with Gasteiger partial charge in [-0.05, 0) is 0 Å². The molecule has 0 unspecified atom stereocenters. The third-order valence-electron chi connectivity index (χ3n) is 4.35. The van der Waals surface area contributed by atoms with Crippen molar-refractivity contribution in [1.82, 2.24) is 0 Å². The molecule has 26 heavy (non-hydrogen) atoms. The molecule has 0 aliphatic carbocycles. The van der Waals surface area contributed by atoms with E-state index in [2.05, 4.69) is 4.74 Å². The molecule has 6 N–H and O–H groups in total. The Hall–Kier alpha value is -0.930. The third-order valence-corrected chi connectivity index (χ3v) is 4.35. The molecule has 2 aliphatic rings. The van der Waals surface area contributed by atoms with Gasteiger partial charge in [0.05, 0.1) is 13.7 Å². The summed E-state index contributed by atoms with van der Waals surface area (Å²) in [6, 6.07) is 0. The topological polar surface area (TPSA) is 185 Å². The molecule has 2 heterocycles. The van der Waals surface area contributed by atoms with Gasteiger partial charge in [0, 0.05) is 7.11 Å². The second kappa shape index (κ2) is 8.84. The summed E-state index contributed by atoms with van der Waals surface area (Å²) in [7, 11) is 2.25. The lowest BCUT2D eigenvalue weighted by Gasteiger charge is -2.45. The molecule has 0 aromatic rings. The summed E-state index contributed by atoms with van der Waals surface area (Å²) in [6.07, 6.45) is -15.8. The number of hydrogen-bond acceptors (Lipinski definition) is 12. The quantitative estimate of drug-likeness (QED) is 0.250. The molecule has 0 saturated carbocycles. The zero-order valence-electron chi connectivity index (χ0n) is 14.1. The first-order valence-corrected chi connectivity index (χ1v) is 7.85. The van der Waals surface area contributed by atoms with Gasteiger partial charge in [0.25, 0.3) is 0 Å². The standard InChI is InChI=1S/C14H24O12/c1-22-12(21)11-7(18)6(17)8(19)14(26-11)25-10-5(16)4(3-15)24-13(23-2)9(10)20/h4-11,13-20H,3H2,1-2H3/t4-,5+,6+,7+,8-,9-,10+,11+,13+,14-/m1/s1. The monoisotopic (exact) mass is 384 g/mol. The van der Waals surface area contributed by atoms with Crippen LogP contribution >= 0.6 is 0 Å². The minimum Gasteiger partial charge on any atom is -0.467 e. The van der Waals surface area contributed by atoms with Gasteiger partial charge in [-0.3, -0.25) is 0 Å². The van der Waals surface area contributed by atoms with Gasteiger partial charge in [0.15, 0.2) is 18.7 Å². The molecule has 0 aromatic carbocycles. The Morgan fingerprint density at radius 3 is 2.08 bits per heavy atom. The van der Waals surface area contributed by atoms with Crippen LogP contribution in [0.4, 0.5) is 0 Å². The number of rotatable bonds is 5. The normalized spacial score (nSPS) is 46.8. The van der Waals surface area contributed by atoms with Crippen LogP contribution in [0.1, 0.15) is 0 Å². The van der Waals surface area contributed by atoms with E-state index in [9.17, 15) is 35.4 Å². The summed E-state index contributed by atoms with van der Waals surface area (Å²) >= 11 is 0. The number of carbonyl (C=O) groups excluding carboxylic acids is 1. The maximum Gasteiger partial charge on any atom is 0.337 e. The predicted octanol–water partition coefficient (Wildman–Crippen LogP) is -4.56. The predicted molar refractivity (Wildman–Crippen MR) is 78.3 cm³/mol. The number of hydrogen-bond donors (Lipinski definition) is 6. The fourth-order valence-corrected chi connectivity index (χ4v) is 2.83. The second-order valence-electron chi connectivity index (χ2n) is 5.96. The molecule has 0 radical (unpaired) electrons. The zero-order valence-corrected chi connectivity index (χ0v) is 14.1. The lowest BCUT2D eigenvalue weighted by atomic mass is 9.97. The van der Waals surface area contributed by atoms with Crippen LogP contribution < -0.4 is 0 Å². The van der Waals surface area contributed by atoms with Crippen molar-refractivity contribution in [3.63, 3.8) is 0 Å². The molecule has 152 valence electrons. The average Bonchev–Trinajstić information content (AvgIpc) is 2.64. The maximum atomic E-state index is 11.7. The van der Waals surface area contributed by atoms with E-state index >= 15 is 0 Å². The molecule has 0 spiro atoms. The van der Waals surface area contributed by atoms with Gasteiger partial charge in [0.1, 0.15) is 42.7 Å². The first-order valence-electron chi connectivity index (χ1n) is 7.85. The Kier molecular flexibility index (Phi) is 7.27. The van der Waals surface area contributed by atoms with E-state index in [1.165, 1.54) is 7.11 Å². The van der Waals surface area contributed by atoms with E-state index in [0.717, 1.165) is 7.11 Å². The van der Waals surface area contributed by atoms with E-state index in [1.54, 1.807) is 0 Å². The Bertz CT molecular complexity index is 459. The maximum absolute atomic E-state index is 11.7. The first-order chi connectivity index (χ1) is 12.3. The molecular weight excluding hydrogens is 360 g/mol. The van der Waals surface area contributed by atoms with Gasteiger partial charge in [-0.1, -0.05) is 0 Å². The van der Waals surface area contributed by atoms with Gasteiger partial charge in [-0.15, -0.1) is 0 Å². The number of aliphatic hydroxyl groups is 6. The summed E-state index contributed by atoms with van der Waals surface area (Å²) in [5.74, 6) is -1.02. The van der Waals surface area contributed by atoms with Crippen molar-refractivity contribution in [3.05, 3.63) is 0 Å². The van der Waals surface area contributed by atoms with Gasteiger partial charge >= 0.3 is 5.97 Å². The highest BCUT2D eigenvalue weighted by Gasteiger charge is 2.52. The first kappa shape index (κ1) is 21.4. The SMILES string of the molecule is COC(=O)[C@H]1O[C@@H](O[C@H]2[C@@H](O)[C@@H](CO)O[C@H](OC)[C@@H]2O)[C@H](O)[C@@H](O)[C@@H]1O. The minimum absolute atomic E-state index is 0.617. The van der Waals surface area contributed by atoms with Crippen molar-refractivity contribution >= 4 is 5.97 Å². The van der Waals surface area contributed by atoms with Crippen LogP contribution in [-0.4, -0.2) is 119 Å². The summed E-state index contributed by atoms with van der Waals surface area (Å²) in [6.45, 7) is -0.617. The molecule has 12 nitrogen and oxygen atoms in total. The van der Waals surface area contributed by atoms with Crippen molar-refractivity contribution in [2.24, 2.45) is 0 Å². The molecule has 2 aliphatic heterocycles. The van der Waals surface area contributed by atoms with Crippen LogP contribution in [0.3, 0.4) is 0 Å². The van der Waals surface area contributed by atoms with Gasteiger partial charge < -0.3 is 54.3 Å². The molecule has 2 fully saturated rings. The highest BCUT2D eigenvalue weighted by atomic mass is 16.7. The molecular formula is C14H24O12. The highest BCUT2D eigenvalue weighted by molar-refractivity contribution is 5.75. The molecule has 0 bridgehead atoms. The summed E-state index contributed by atoms with van der Waals surface area (Å²) in [4.78, 5) is 11.7. The Labute approximate surface area is 148 Å². The van der Waals surface area contributed by atoms with Crippen LogP contribution in [0.15, 0.2) is 0 Å². The van der Waals surface area contributed by atoms with Crippen molar-refractivity contribution in [2.45, 2.75) is 61.4 Å². The molecule has 10 atom stereocenters. The Balaban J connectivity index is 2.18. The zero-order chi connectivity index (χ0) is 19.6. The molecule has 2 saturated heterocycles. The van der Waals surface area contributed by atoms with E-state index < -0.39 is 74.0 Å². The molecule has 2 rings (SSSR count). The van der Waals surface area contributed by atoms with E-state index in [1.807, 2.05) is 0 Å². The van der Waals surface area contributed by atoms with Crippen LogP contribution in [-0.2, 0) is 28.5 Å². The van der Waals surface area contributed by atoms with E-state index in [0.29, 0.717) is 0 Å². The van der Waals surface area contributed by atoms with Crippen LogP contribution in [0, 0.1) is 0 Å². The van der Waals surface area contributed by atoms with Crippen LogP contribution in [0.5, 0.6) is 0 Å². The molecule has 0 amide bonds. The van der Waals surface area contributed by atoms with E-state index in [-0.39, 0.29) is 0 Å². The lowest BCUT2D eigenvalue weighted by Crippen LogP contribution is -2.65. The number of methoxy groups -OCH3 is 2. The number of ether oxygens (including phenoxy) is 5. The van der Waals surface area contributed by atoms with Crippen molar-refractivity contribution in [3.8, 4) is 0 Å². The number of carbonyl (C=O) groups is 1. The van der Waals surface area contributed by atoms with Crippen molar-refractivity contribution in [1.29, 1.82) is 0 Å². The second-order valence-corrected chi connectivity index (χ2v) is 5.96. The summed E-state index contributed by atoms with van der Waals surface area (Å²) < 4.78 is 25.0. The van der Waals surface area contributed by atoms with Crippen molar-refractivity contribution in [2.75, 3.05) is 20.8 Å². The molecule has 0 aromatic heterocycles. The van der Waals surface area contributed by atoms with Crippen molar-refractivity contribution < 1.29 is 59.1 Å². The Morgan fingerprint density at radius 2 is 1.54 bits per heavy atom. The third kappa shape index (κ3) is 3.99. The summed E-state index contributed by atoms with van der Waals surface area (Å²) in [5.41, 5.74) is 0. The highest BCUT2D eigenvalue weighted by Crippen LogP contribution is 2.29. The number of aliphatic hydroxyl groups excluding tert-OH is 6. The molecule has 12 heteroatoms. The largest absolute Gasteiger partial charge is 0.467 e. The van der Waals surface area contributed by atoms with Gasteiger partial charge in [0.2, 0.25) is 0 Å². The average molecular weight is 384 g/mol. The van der Waals surface area contributed by atoms with Gasteiger partial charge in [-0.2, -0.15) is 0 Å². The van der Waals surface area contributed by atoms with Gasteiger partial charge in [-0.25, -0.2) is 4.79 Å². The Morgan fingerprint density at radius 1 is 0.885 bits per heavy atom. The van der Waals surface area contributed by atoms with Crippen LogP contribution in [0.25, 0.3) is 0 Å². The number of esters is 1. The smallest absolute Gasteiger partial charge is 0.337 e. The summed E-state index contributed by atoms with van der Waals surface area (Å²) in [5, 5.41) is 59.5. The fourth-order valence-electron chi connectivity index (χ4n) is 2.83.